The summed E-state index contributed by atoms with van der Waals surface area (Å²) in [7, 11) is 0. The molecule has 1 aromatic heterocycles. The molecule has 3 nitrogen and oxygen atoms in total. The van der Waals surface area contributed by atoms with Gasteiger partial charge in [0, 0.05) is 23.3 Å². The molecule has 3 aromatic carbocycles. The van der Waals surface area contributed by atoms with Gasteiger partial charge in [0.25, 0.3) is 0 Å². The Morgan fingerprint density at radius 1 is 0.806 bits per heavy atom. The van der Waals surface area contributed by atoms with Gasteiger partial charge in [0.15, 0.2) is 0 Å². The van der Waals surface area contributed by atoms with Gasteiger partial charge in [-0.05, 0) is 59.7 Å². The highest BCUT2D eigenvalue weighted by Gasteiger charge is 2.20. The molecule has 0 saturated heterocycles. The molecule has 0 aliphatic rings. The predicted octanol–water partition coefficient (Wildman–Crippen LogP) is 7.72. The molecule has 0 saturated carbocycles. The largest absolute Gasteiger partial charge is 0.381 e. The van der Waals surface area contributed by atoms with E-state index in [9.17, 15) is 4.39 Å². The first-order valence-electron chi connectivity index (χ1n) is 13.0. The topological polar surface area (TPSA) is 29.9 Å². The molecule has 4 rings (SSSR count). The smallest absolute Gasteiger partial charge is 0.128 e. The minimum Gasteiger partial charge on any atom is -0.381 e. The van der Waals surface area contributed by atoms with E-state index < -0.39 is 0 Å². The van der Waals surface area contributed by atoms with Crippen molar-refractivity contribution in [2.24, 2.45) is 0 Å². The zero-order valence-electron chi connectivity index (χ0n) is 22.0. The van der Waals surface area contributed by atoms with Crippen LogP contribution in [-0.2, 0) is 37.8 Å². The van der Waals surface area contributed by atoms with Crippen LogP contribution in [0.4, 0.5) is 10.1 Å². The molecule has 4 heteroatoms. The summed E-state index contributed by atoms with van der Waals surface area (Å²) in [6.07, 6.45) is 3.68. The molecule has 188 valence electrons. The second-order valence-electron chi connectivity index (χ2n) is 10.6. The van der Waals surface area contributed by atoms with E-state index in [0.29, 0.717) is 6.54 Å². The second-order valence-corrected chi connectivity index (χ2v) is 10.6. The van der Waals surface area contributed by atoms with Crippen LogP contribution in [0.15, 0.2) is 78.9 Å². The number of hydrogen-bond donors (Lipinski definition) is 1. The van der Waals surface area contributed by atoms with Gasteiger partial charge in [0.05, 0.1) is 12.2 Å². The van der Waals surface area contributed by atoms with E-state index in [-0.39, 0.29) is 11.2 Å². The molecule has 0 spiro atoms. The maximum absolute atomic E-state index is 14.2. The van der Waals surface area contributed by atoms with Crippen LogP contribution < -0.4 is 5.32 Å². The van der Waals surface area contributed by atoms with Gasteiger partial charge in [-0.15, -0.1) is 0 Å². The molecule has 0 aliphatic carbocycles. The zero-order chi connectivity index (χ0) is 25.5. The first kappa shape index (κ1) is 25.7. The van der Waals surface area contributed by atoms with Crippen molar-refractivity contribution < 1.29 is 4.39 Å². The van der Waals surface area contributed by atoms with Crippen LogP contribution in [0.1, 0.15) is 67.8 Å². The molecule has 1 N–H and O–H groups in total. The number of hydrogen-bond acceptors (Lipinski definition) is 2. The number of halogens is 1. The minimum absolute atomic E-state index is 0.0104. The van der Waals surface area contributed by atoms with Crippen LogP contribution in [0.3, 0.4) is 0 Å². The monoisotopic (exact) mass is 483 g/mol. The molecule has 0 unspecified atom stereocenters. The number of benzene rings is 3. The Morgan fingerprint density at radius 3 is 2.19 bits per heavy atom. The molecule has 0 aliphatic heterocycles. The van der Waals surface area contributed by atoms with Gasteiger partial charge >= 0.3 is 0 Å². The summed E-state index contributed by atoms with van der Waals surface area (Å²) in [5, 5.41) is 8.33. The van der Waals surface area contributed by atoms with Gasteiger partial charge in [-0.2, -0.15) is 5.10 Å². The predicted molar refractivity (Wildman–Crippen MR) is 148 cm³/mol. The van der Waals surface area contributed by atoms with Crippen molar-refractivity contribution in [2.75, 3.05) is 5.32 Å². The van der Waals surface area contributed by atoms with E-state index in [2.05, 4.69) is 98.4 Å². The molecule has 0 bridgehead atoms. The van der Waals surface area contributed by atoms with Crippen molar-refractivity contribution in [3.8, 4) is 0 Å². The van der Waals surface area contributed by atoms with Crippen LogP contribution in [-0.4, -0.2) is 9.78 Å². The highest BCUT2D eigenvalue weighted by atomic mass is 19.1. The summed E-state index contributed by atoms with van der Waals surface area (Å²) in [6.45, 7) is 10.1. The normalized spacial score (nSPS) is 11.6. The average Bonchev–Trinajstić information content (AvgIpc) is 3.28. The zero-order valence-corrected chi connectivity index (χ0v) is 22.0. The minimum atomic E-state index is -0.130. The van der Waals surface area contributed by atoms with Gasteiger partial charge in [-0.25, -0.2) is 4.39 Å². The Bertz CT molecular complexity index is 1250. The molecule has 0 atom stereocenters. The van der Waals surface area contributed by atoms with Crippen LogP contribution in [0.2, 0.25) is 0 Å². The molecule has 0 fully saturated rings. The SMILES string of the molecule is CCCc1ccc(NCc2ccc(Cn3nc(C(C)(C)C)cc3CCc3ccccc3)cc2)cc1F. The second kappa shape index (κ2) is 11.6. The van der Waals surface area contributed by atoms with Crippen LogP contribution in [0, 0.1) is 5.82 Å². The fraction of sp³-hybridized carbons (Fsp3) is 0.344. The van der Waals surface area contributed by atoms with Gasteiger partial charge in [-0.1, -0.05) is 94.8 Å². The molecule has 4 aromatic rings. The van der Waals surface area contributed by atoms with Gasteiger partial charge in [0.2, 0.25) is 0 Å². The first-order chi connectivity index (χ1) is 17.3. The Morgan fingerprint density at radius 2 is 1.53 bits per heavy atom. The highest BCUT2D eigenvalue weighted by Crippen LogP contribution is 2.23. The Labute approximate surface area is 215 Å². The Hall–Kier alpha value is -3.40. The molecule has 0 radical (unpaired) electrons. The highest BCUT2D eigenvalue weighted by molar-refractivity contribution is 5.46. The lowest BCUT2D eigenvalue weighted by atomic mass is 9.92. The number of anilines is 1. The third-order valence-corrected chi connectivity index (χ3v) is 6.57. The van der Waals surface area contributed by atoms with E-state index in [1.165, 1.54) is 16.8 Å². The molecular formula is C32H38FN3. The number of rotatable bonds is 10. The lowest BCUT2D eigenvalue weighted by Crippen LogP contribution is -2.13. The number of aryl methyl sites for hydroxylation is 3. The van der Waals surface area contributed by atoms with E-state index in [1.807, 2.05) is 12.1 Å². The van der Waals surface area contributed by atoms with Crippen molar-refractivity contribution in [3.05, 3.63) is 118 Å². The van der Waals surface area contributed by atoms with E-state index in [0.717, 1.165) is 54.7 Å². The maximum Gasteiger partial charge on any atom is 0.128 e. The number of aromatic nitrogens is 2. The summed E-state index contributed by atoms with van der Waals surface area (Å²) >= 11 is 0. The maximum atomic E-state index is 14.2. The van der Waals surface area contributed by atoms with Gasteiger partial charge < -0.3 is 5.32 Å². The van der Waals surface area contributed by atoms with E-state index >= 15 is 0 Å². The molecule has 36 heavy (non-hydrogen) atoms. The van der Waals surface area contributed by atoms with Crippen molar-refractivity contribution in [1.82, 2.24) is 9.78 Å². The fourth-order valence-electron chi connectivity index (χ4n) is 4.35. The summed E-state index contributed by atoms with van der Waals surface area (Å²) in [6, 6.07) is 27.0. The van der Waals surface area contributed by atoms with E-state index in [4.69, 9.17) is 5.10 Å². The first-order valence-corrected chi connectivity index (χ1v) is 13.0. The van der Waals surface area contributed by atoms with Crippen molar-refractivity contribution in [1.29, 1.82) is 0 Å². The van der Waals surface area contributed by atoms with Gasteiger partial charge in [0.1, 0.15) is 5.82 Å². The average molecular weight is 484 g/mol. The third-order valence-electron chi connectivity index (χ3n) is 6.57. The van der Waals surface area contributed by atoms with Crippen LogP contribution in [0.5, 0.6) is 0 Å². The van der Waals surface area contributed by atoms with Crippen molar-refractivity contribution in [2.45, 2.75) is 71.9 Å². The summed E-state index contributed by atoms with van der Waals surface area (Å²) < 4.78 is 16.4. The quantitative estimate of drug-likeness (QED) is 0.250. The van der Waals surface area contributed by atoms with E-state index in [1.54, 1.807) is 6.07 Å². The number of nitrogens with one attached hydrogen (secondary N) is 1. The van der Waals surface area contributed by atoms with Crippen LogP contribution in [0.25, 0.3) is 0 Å². The van der Waals surface area contributed by atoms with Crippen LogP contribution >= 0.6 is 0 Å². The molecule has 1 heterocycles. The lowest BCUT2D eigenvalue weighted by Gasteiger charge is -2.14. The van der Waals surface area contributed by atoms with Crippen molar-refractivity contribution >= 4 is 5.69 Å². The number of nitrogens with zero attached hydrogens (tertiary/aromatic N) is 2. The molecular weight excluding hydrogens is 445 g/mol. The Kier molecular flexibility index (Phi) is 8.25. The standard InChI is InChI=1S/C32H38FN3/c1-5-9-27-17-18-28(20-30(27)33)34-22-25-12-14-26(15-13-25)23-36-29(21-31(35-36)32(2,3)4)19-16-24-10-7-6-8-11-24/h6-8,10-15,17-18,20-21,34H,5,9,16,19,22-23H2,1-4H3. The lowest BCUT2D eigenvalue weighted by molar-refractivity contribution is 0.541. The summed E-state index contributed by atoms with van der Waals surface area (Å²) in [4.78, 5) is 0. The molecule has 0 amide bonds. The third kappa shape index (κ3) is 6.84. The fourth-order valence-corrected chi connectivity index (χ4v) is 4.35. The van der Waals surface area contributed by atoms with Gasteiger partial charge in [-0.3, -0.25) is 4.68 Å². The van der Waals surface area contributed by atoms with Crippen molar-refractivity contribution in [3.63, 3.8) is 0 Å². The summed E-state index contributed by atoms with van der Waals surface area (Å²) in [5.41, 5.74) is 7.73. The summed E-state index contributed by atoms with van der Waals surface area (Å²) in [5.74, 6) is -0.130. The Balaban J connectivity index is 1.41.